The topological polar surface area (TPSA) is 104 Å². The van der Waals surface area contributed by atoms with Gasteiger partial charge in [-0.25, -0.2) is 0 Å². The molecule has 0 aromatic carbocycles. The summed E-state index contributed by atoms with van der Waals surface area (Å²) in [5, 5.41) is 0. The zero-order valence-electron chi connectivity index (χ0n) is 14.4. The van der Waals surface area contributed by atoms with Gasteiger partial charge in [0.15, 0.2) is 0 Å². The molecule has 2 heterocycles. The van der Waals surface area contributed by atoms with Gasteiger partial charge >= 0.3 is 152 Å². The van der Waals surface area contributed by atoms with Crippen LogP contribution in [0.5, 0.6) is 0 Å². The van der Waals surface area contributed by atoms with Gasteiger partial charge in [0.05, 0.1) is 0 Å². The van der Waals surface area contributed by atoms with Crippen LogP contribution in [0.3, 0.4) is 0 Å². The van der Waals surface area contributed by atoms with Crippen LogP contribution < -0.4 is 14.0 Å². The van der Waals surface area contributed by atoms with Crippen molar-refractivity contribution in [3.05, 3.63) is 53.2 Å². The molecule has 0 N–H and O–H groups in total. The average Bonchev–Trinajstić information content (AvgIpc) is 2.33. The van der Waals surface area contributed by atoms with E-state index in [9.17, 15) is 14.0 Å². The summed E-state index contributed by atoms with van der Waals surface area (Å²) in [6.45, 7) is 11.1. The summed E-state index contributed by atoms with van der Waals surface area (Å²) < 4.78 is 40.6. The molecular weight excluding hydrogens is 447 g/mol. The molecule has 0 fully saturated rings. The summed E-state index contributed by atoms with van der Waals surface area (Å²) >= 11 is -3.03. The summed E-state index contributed by atoms with van der Waals surface area (Å²) in [5.74, 6) is 0. The van der Waals surface area contributed by atoms with Crippen molar-refractivity contribution >= 4 is 20.2 Å². The van der Waals surface area contributed by atoms with Crippen molar-refractivity contribution in [2.75, 3.05) is 0 Å². The number of aryl methyl sites for hydroxylation is 6. The van der Waals surface area contributed by atoms with E-state index in [1.165, 1.54) is 0 Å². The van der Waals surface area contributed by atoms with Crippen molar-refractivity contribution in [1.82, 2.24) is 9.97 Å². The molecule has 24 heavy (non-hydrogen) atoms. The van der Waals surface area contributed by atoms with E-state index in [4.69, 9.17) is 2.62 Å². The predicted molar refractivity (Wildman–Crippen MR) is 89.4 cm³/mol. The van der Waals surface area contributed by atoms with Crippen molar-refractivity contribution in [3.8, 4) is 0 Å². The van der Waals surface area contributed by atoms with E-state index in [-0.39, 0.29) is 0 Å². The Bertz CT molecular complexity index is 674. The van der Waals surface area contributed by atoms with E-state index >= 15 is 0 Å². The van der Waals surface area contributed by atoms with Gasteiger partial charge in [0.2, 0.25) is 0 Å². The van der Waals surface area contributed by atoms with Crippen molar-refractivity contribution in [3.63, 3.8) is 0 Å². The van der Waals surface area contributed by atoms with Crippen LogP contribution in [0.25, 0.3) is 0 Å². The molecule has 0 saturated carbocycles. The molecule has 8 heteroatoms. The number of aromatic nitrogens is 2. The number of nitrogens with zero attached hydrogens (tertiary/aromatic N) is 2. The second-order valence-electron chi connectivity index (χ2n) is 5.64. The summed E-state index contributed by atoms with van der Waals surface area (Å²) in [7, 11) is -4.54. The van der Waals surface area contributed by atoms with Gasteiger partial charge in [0.1, 0.15) is 0 Å². The van der Waals surface area contributed by atoms with Gasteiger partial charge in [-0.05, 0) is 0 Å². The van der Waals surface area contributed by atoms with Crippen molar-refractivity contribution < 1.29 is 26.8 Å². The molecule has 0 radical (unpaired) electrons. The first-order valence-electron chi connectivity index (χ1n) is 7.20. The van der Waals surface area contributed by atoms with Gasteiger partial charge in [0.25, 0.3) is 0 Å². The Morgan fingerprint density at radius 2 is 1.17 bits per heavy atom. The van der Waals surface area contributed by atoms with Crippen LogP contribution in [0, 0.1) is 58.9 Å². The van der Waals surface area contributed by atoms with E-state index in [1.54, 1.807) is 0 Å². The van der Waals surface area contributed by atoms with Crippen LogP contribution in [-0.4, -0.2) is 9.97 Å². The van der Waals surface area contributed by atoms with Crippen LogP contribution >= 0.6 is 20.2 Å². The number of halogens is 2. The Labute approximate surface area is 151 Å². The second kappa shape index (κ2) is 7.19. The molecule has 0 unspecified atom stereocenters. The third-order valence-electron chi connectivity index (χ3n) is 3.34. The number of hydrogen-bond acceptors (Lipinski definition) is 6. The van der Waals surface area contributed by atoms with Gasteiger partial charge in [-0.2, -0.15) is 0 Å². The van der Waals surface area contributed by atoms with Crippen LogP contribution in [0.4, 0.5) is 0 Å². The van der Waals surface area contributed by atoms with Crippen LogP contribution in [0.15, 0.2) is 12.1 Å². The van der Waals surface area contributed by atoms with E-state index in [1.807, 2.05) is 53.7 Å². The van der Waals surface area contributed by atoms with Crippen molar-refractivity contribution in [2.24, 2.45) is 0 Å². The van der Waals surface area contributed by atoms with E-state index < -0.39 is 30.5 Å². The van der Waals surface area contributed by atoms with E-state index in [2.05, 4.69) is 9.97 Å². The third kappa shape index (κ3) is 4.41. The normalized spacial score (nSPS) is 12.5. The van der Waals surface area contributed by atoms with Gasteiger partial charge < -0.3 is 0 Å². The summed E-state index contributed by atoms with van der Waals surface area (Å²) in [4.78, 5) is 8.85. The van der Waals surface area contributed by atoms with E-state index in [0.717, 1.165) is 29.7 Å². The van der Waals surface area contributed by atoms with Crippen molar-refractivity contribution in [2.45, 2.75) is 41.5 Å². The van der Waals surface area contributed by atoms with Gasteiger partial charge in [-0.3, -0.25) is 0 Å². The molecule has 2 aromatic rings. The Kier molecular flexibility index (Phi) is 5.83. The standard InChI is InChI=1S/C16H20ClIN2O4/c1-9-7-11(3)19-13(5)15(9)18(24-17(21,22)23)16-10(2)8-12(4)20-14(16)6/h7-8H,1-6H3. The maximum atomic E-state index is 11.4. The fourth-order valence-electron chi connectivity index (χ4n) is 2.76. The average molecular weight is 467 g/mol. The maximum absolute atomic E-state index is 11.4. The third-order valence-corrected chi connectivity index (χ3v) is 11.0. The number of pyridine rings is 2. The number of hydrogen-bond donors (Lipinski definition) is 0. The minimum absolute atomic E-state index is 0.691. The molecule has 132 valence electrons. The molecule has 0 bridgehead atoms. The van der Waals surface area contributed by atoms with Gasteiger partial charge in [0, 0.05) is 0 Å². The van der Waals surface area contributed by atoms with Gasteiger partial charge in [-0.1, -0.05) is 0 Å². The molecule has 0 aliphatic carbocycles. The van der Waals surface area contributed by atoms with Gasteiger partial charge in [-0.15, -0.1) is 0 Å². The Morgan fingerprint density at radius 3 is 1.46 bits per heavy atom. The molecule has 0 spiro atoms. The first kappa shape index (κ1) is 19.5. The monoisotopic (exact) mass is 466 g/mol. The summed E-state index contributed by atoms with van der Waals surface area (Å²) in [6.07, 6.45) is 0. The first-order valence-corrected chi connectivity index (χ1v) is 11.5. The fraction of sp³-hybridized carbons (Fsp3) is 0.375. The Hall–Kier alpha value is -0.840. The van der Waals surface area contributed by atoms with Crippen LogP contribution in [0.1, 0.15) is 33.9 Å². The molecule has 0 aliphatic heterocycles. The zero-order valence-corrected chi connectivity index (χ0v) is 17.4. The molecule has 2 aromatic heterocycles. The zero-order chi connectivity index (χ0) is 18.2. The molecule has 2 rings (SSSR count). The fourth-order valence-corrected chi connectivity index (χ4v) is 9.30. The van der Waals surface area contributed by atoms with E-state index in [0.29, 0.717) is 11.4 Å². The minimum atomic E-state index is -4.54. The molecular formula is C16H20ClIN2O4. The predicted octanol–water partition coefficient (Wildman–Crippen LogP) is 0.702. The van der Waals surface area contributed by atoms with Crippen LogP contribution in [0.2, 0.25) is 0 Å². The quantitative estimate of drug-likeness (QED) is 0.615. The molecule has 6 nitrogen and oxygen atoms in total. The summed E-state index contributed by atoms with van der Waals surface area (Å²) in [5.41, 5.74) is 4.81. The molecule has 0 aliphatic rings. The second-order valence-corrected chi connectivity index (χ2v) is 11.1. The Morgan fingerprint density at radius 1 is 0.792 bits per heavy atom. The molecule has 0 atom stereocenters. The van der Waals surface area contributed by atoms with Crippen molar-refractivity contribution in [1.29, 1.82) is 0 Å². The summed E-state index contributed by atoms with van der Waals surface area (Å²) in [6, 6.07) is 3.74. The Balaban J connectivity index is 2.73. The molecule has 0 amide bonds. The SMILES string of the molecule is Cc1cc(C)c(I(O[Cl+3]([O-])([O-])[O-])c2c(C)cc(C)nc2C)c(C)n1. The number of rotatable bonds is 4. The molecule has 0 saturated heterocycles. The first-order chi connectivity index (χ1) is 11.0. The van der Waals surface area contributed by atoms with Crippen LogP contribution in [-0.2, 0) is 2.62 Å².